The van der Waals surface area contributed by atoms with Gasteiger partial charge < -0.3 is 10.5 Å². The zero-order chi connectivity index (χ0) is 13.2. The highest BCUT2D eigenvalue weighted by Gasteiger charge is 2.34. The van der Waals surface area contributed by atoms with Gasteiger partial charge in [-0.2, -0.15) is 0 Å². The van der Waals surface area contributed by atoms with Gasteiger partial charge in [0.1, 0.15) is 0 Å². The van der Waals surface area contributed by atoms with E-state index in [9.17, 15) is 0 Å². The van der Waals surface area contributed by atoms with Crippen LogP contribution in [0, 0.1) is 0 Å². The van der Waals surface area contributed by atoms with Crippen LogP contribution in [0.25, 0.3) is 0 Å². The van der Waals surface area contributed by atoms with Gasteiger partial charge in [-0.05, 0) is 43.5 Å². The van der Waals surface area contributed by atoms with Crippen molar-refractivity contribution in [2.75, 3.05) is 19.7 Å². The molecule has 4 heteroatoms. The lowest BCUT2D eigenvalue weighted by molar-refractivity contribution is -0.0589. The summed E-state index contributed by atoms with van der Waals surface area (Å²) in [6.07, 6.45) is 3.66. The molecule has 104 valence electrons. The Labute approximate surface area is 123 Å². The molecule has 2 heterocycles. The first kappa shape index (κ1) is 13.6. The molecule has 2 N–H and O–H groups in total. The first-order chi connectivity index (χ1) is 9.22. The molecule has 0 spiro atoms. The van der Waals surface area contributed by atoms with E-state index >= 15 is 0 Å². The van der Waals surface area contributed by atoms with Crippen molar-refractivity contribution >= 4 is 15.9 Å². The fourth-order valence-corrected chi connectivity index (χ4v) is 3.39. The molecule has 1 aromatic rings. The minimum absolute atomic E-state index is 0.0859. The summed E-state index contributed by atoms with van der Waals surface area (Å²) >= 11 is 3.46. The molecule has 0 radical (unpaired) electrons. The summed E-state index contributed by atoms with van der Waals surface area (Å²) in [4.78, 5) is 2.55. The Morgan fingerprint density at radius 3 is 2.95 bits per heavy atom. The van der Waals surface area contributed by atoms with Crippen molar-refractivity contribution in [1.29, 1.82) is 0 Å². The first-order valence-corrected chi connectivity index (χ1v) is 7.87. The van der Waals surface area contributed by atoms with E-state index in [-0.39, 0.29) is 12.1 Å². The van der Waals surface area contributed by atoms with E-state index in [0.29, 0.717) is 6.04 Å². The maximum absolute atomic E-state index is 6.34. The van der Waals surface area contributed by atoms with Gasteiger partial charge in [-0.25, -0.2) is 0 Å². The van der Waals surface area contributed by atoms with Gasteiger partial charge in [0, 0.05) is 23.1 Å². The molecule has 2 aliphatic rings. The van der Waals surface area contributed by atoms with E-state index in [0.717, 1.165) is 24.0 Å². The fraction of sp³-hybridized carbons (Fsp3) is 0.600. The van der Waals surface area contributed by atoms with Crippen molar-refractivity contribution < 1.29 is 4.74 Å². The van der Waals surface area contributed by atoms with Crippen LogP contribution in [0.15, 0.2) is 28.7 Å². The van der Waals surface area contributed by atoms with Gasteiger partial charge in [0.2, 0.25) is 0 Å². The summed E-state index contributed by atoms with van der Waals surface area (Å²) in [5.74, 6) is 0. The predicted molar refractivity (Wildman–Crippen MR) is 80.2 cm³/mol. The predicted octanol–water partition coefficient (Wildman–Crippen LogP) is 2.18. The van der Waals surface area contributed by atoms with E-state index < -0.39 is 0 Å². The molecular weight excluding hydrogens is 304 g/mol. The lowest BCUT2D eigenvalue weighted by Gasteiger charge is -2.37. The fourth-order valence-electron chi connectivity index (χ4n) is 3.13. The van der Waals surface area contributed by atoms with Crippen molar-refractivity contribution in [2.45, 2.75) is 37.5 Å². The molecule has 0 aromatic heterocycles. The van der Waals surface area contributed by atoms with Gasteiger partial charge in [0.15, 0.2) is 0 Å². The molecule has 3 atom stereocenters. The molecular formula is C15H21BrN2O. The lowest BCUT2D eigenvalue weighted by atomic mass is 10.0. The maximum atomic E-state index is 6.34. The number of halogens is 1. The monoisotopic (exact) mass is 324 g/mol. The second-order valence-corrected chi connectivity index (χ2v) is 6.57. The van der Waals surface area contributed by atoms with Crippen LogP contribution in [0.1, 0.15) is 18.4 Å². The van der Waals surface area contributed by atoms with Crippen molar-refractivity contribution in [3.63, 3.8) is 0 Å². The SMILES string of the molecule is NC(Cc1ccc(Br)cc1)C1CN2CCCC2CO1. The summed E-state index contributed by atoms with van der Waals surface area (Å²) in [5, 5.41) is 0. The molecule has 1 aromatic carbocycles. The molecule has 3 nitrogen and oxygen atoms in total. The van der Waals surface area contributed by atoms with Gasteiger partial charge in [0.05, 0.1) is 12.7 Å². The molecule has 0 amide bonds. The average Bonchev–Trinajstić information content (AvgIpc) is 2.88. The number of ether oxygens (including phenoxy) is 1. The van der Waals surface area contributed by atoms with Gasteiger partial charge >= 0.3 is 0 Å². The topological polar surface area (TPSA) is 38.5 Å². The molecule has 3 rings (SSSR count). The van der Waals surface area contributed by atoms with E-state index in [2.05, 4.69) is 45.1 Å². The van der Waals surface area contributed by atoms with Crippen molar-refractivity contribution in [3.05, 3.63) is 34.3 Å². The second kappa shape index (κ2) is 5.92. The summed E-state index contributed by atoms with van der Waals surface area (Å²) in [6, 6.07) is 9.14. The number of morpholine rings is 1. The lowest BCUT2D eigenvalue weighted by Crippen LogP contribution is -2.53. The Kier molecular flexibility index (Phi) is 4.22. The van der Waals surface area contributed by atoms with Crippen molar-refractivity contribution in [1.82, 2.24) is 4.90 Å². The van der Waals surface area contributed by atoms with Gasteiger partial charge in [-0.1, -0.05) is 28.1 Å². The minimum atomic E-state index is 0.0859. The smallest absolute Gasteiger partial charge is 0.0856 e. The van der Waals surface area contributed by atoms with Crippen LogP contribution in [-0.2, 0) is 11.2 Å². The van der Waals surface area contributed by atoms with Crippen LogP contribution in [-0.4, -0.2) is 42.8 Å². The Morgan fingerprint density at radius 1 is 1.37 bits per heavy atom. The summed E-state index contributed by atoms with van der Waals surface area (Å²) < 4.78 is 7.08. The Morgan fingerprint density at radius 2 is 2.16 bits per heavy atom. The number of nitrogens with two attached hydrogens (primary N) is 1. The van der Waals surface area contributed by atoms with E-state index in [1.54, 1.807) is 0 Å². The van der Waals surface area contributed by atoms with Crippen molar-refractivity contribution in [3.8, 4) is 0 Å². The molecule has 19 heavy (non-hydrogen) atoms. The number of rotatable bonds is 3. The Hall–Kier alpha value is -0.420. The van der Waals surface area contributed by atoms with Gasteiger partial charge in [0.25, 0.3) is 0 Å². The third kappa shape index (κ3) is 3.19. The summed E-state index contributed by atoms with van der Waals surface area (Å²) in [7, 11) is 0. The zero-order valence-corrected chi connectivity index (χ0v) is 12.7. The Bertz CT molecular complexity index is 423. The molecule has 0 bridgehead atoms. The first-order valence-electron chi connectivity index (χ1n) is 7.08. The number of hydrogen-bond acceptors (Lipinski definition) is 3. The van der Waals surface area contributed by atoms with E-state index in [1.807, 2.05) is 0 Å². The highest BCUT2D eigenvalue weighted by molar-refractivity contribution is 9.10. The van der Waals surface area contributed by atoms with Crippen LogP contribution in [0.2, 0.25) is 0 Å². The number of nitrogens with zero attached hydrogens (tertiary/aromatic N) is 1. The Balaban J connectivity index is 1.58. The van der Waals surface area contributed by atoms with Gasteiger partial charge in [-0.15, -0.1) is 0 Å². The average molecular weight is 325 g/mol. The highest BCUT2D eigenvalue weighted by atomic mass is 79.9. The molecule has 2 saturated heterocycles. The summed E-state index contributed by atoms with van der Waals surface area (Å²) in [6.45, 7) is 3.08. The van der Waals surface area contributed by atoms with Crippen LogP contribution in [0.3, 0.4) is 0 Å². The normalized spacial score (nSPS) is 29.2. The third-order valence-corrected chi connectivity index (χ3v) is 4.81. The van der Waals surface area contributed by atoms with Crippen molar-refractivity contribution in [2.24, 2.45) is 5.73 Å². The molecule has 2 aliphatic heterocycles. The van der Waals surface area contributed by atoms with Crippen LogP contribution < -0.4 is 5.73 Å². The third-order valence-electron chi connectivity index (χ3n) is 4.28. The second-order valence-electron chi connectivity index (χ2n) is 5.66. The van der Waals surface area contributed by atoms with E-state index in [1.165, 1.54) is 24.9 Å². The van der Waals surface area contributed by atoms with Crippen LogP contribution in [0.4, 0.5) is 0 Å². The quantitative estimate of drug-likeness (QED) is 0.926. The standard InChI is InChI=1S/C15H21BrN2O/c16-12-5-3-11(4-6-12)8-14(17)15-9-18-7-1-2-13(18)10-19-15/h3-6,13-15H,1-2,7-10,17H2. The number of fused-ring (bicyclic) bond motifs is 1. The van der Waals surface area contributed by atoms with E-state index in [4.69, 9.17) is 10.5 Å². The van der Waals surface area contributed by atoms with Gasteiger partial charge in [-0.3, -0.25) is 4.90 Å². The maximum Gasteiger partial charge on any atom is 0.0856 e. The number of benzene rings is 1. The largest absolute Gasteiger partial charge is 0.374 e. The minimum Gasteiger partial charge on any atom is -0.374 e. The molecule has 2 fully saturated rings. The summed E-state index contributed by atoms with van der Waals surface area (Å²) in [5.41, 5.74) is 7.62. The van der Waals surface area contributed by atoms with Crippen LogP contribution >= 0.6 is 15.9 Å². The highest BCUT2D eigenvalue weighted by Crippen LogP contribution is 2.24. The zero-order valence-electron chi connectivity index (χ0n) is 11.1. The molecule has 0 aliphatic carbocycles. The molecule has 0 saturated carbocycles. The number of hydrogen-bond donors (Lipinski definition) is 1. The molecule has 3 unspecified atom stereocenters. The van der Waals surface area contributed by atoms with Crippen LogP contribution in [0.5, 0.6) is 0 Å².